The minimum absolute atomic E-state index is 0.361. The highest BCUT2D eigenvalue weighted by Crippen LogP contribution is 2.08. The number of rotatable bonds is 1. The second-order valence-corrected chi connectivity index (χ2v) is 5.33. The van der Waals surface area contributed by atoms with Gasteiger partial charge in [0.1, 0.15) is 0 Å². The van der Waals surface area contributed by atoms with Gasteiger partial charge in [0.2, 0.25) is 0 Å². The molecule has 0 bridgehead atoms. The molecule has 4 nitrogen and oxygen atoms in total. The topological polar surface area (TPSA) is 59.9 Å². The van der Waals surface area contributed by atoms with Gasteiger partial charge in [0.05, 0.1) is 0 Å². The minimum atomic E-state index is -3.77. The maximum absolute atomic E-state index is 10.6. The molecule has 0 unspecified atom stereocenters. The highest BCUT2D eigenvalue weighted by molar-refractivity contribution is 14.1. The molecule has 0 saturated heterocycles. The Bertz CT molecular complexity index is 349. The summed E-state index contributed by atoms with van der Waals surface area (Å²) in [5, 5.41) is -0.361. The predicted octanol–water partition coefficient (Wildman–Crippen LogP) is 1.01. The number of hydrogen-bond donors (Lipinski definition) is 0. The third kappa shape index (κ3) is 2.53. The van der Waals surface area contributed by atoms with Gasteiger partial charge in [-0.15, -0.1) is 0 Å². The summed E-state index contributed by atoms with van der Waals surface area (Å²) in [7, 11) is 1.18. The normalized spacial score (nSPS) is 11.5. The fourth-order valence-corrected chi connectivity index (χ4v) is 1.30. The molecule has 7 heteroatoms. The molecule has 0 saturated carbocycles. The van der Waals surface area contributed by atoms with Crippen molar-refractivity contribution in [3.63, 3.8) is 0 Å². The van der Waals surface area contributed by atoms with Crippen LogP contribution in [0.15, 0.2) is 17.6 Å². The molecule has 1 aromatic rings. The molecule has 1 aromatic heterocycles. The van der Waals surface area contributed by atoms with E-state index in [4.69, 9.17) is 10.7 Å². The van der Waals surface area contributed by atoms with E-state index in [0.717, 1.165) is 3.57 Å². The van der Waals surface area contributed by atoms with Crippen molar-refractivity contribution in [1.29, 1.82) is 0 Å². The van der Waals surface area contributed by atoms with Crippen LogP contribution in [-0.4, -0.2) is 18.4 Å². The first-order chi connectivity index (χ1) is 5.00. The van der Waals surface area contributed by atoms with Crippen LogP contribution < -0.4 is 0 Å². The van der Waals surface area contributed by atoms with Gasteiger partial charge in [-0.3, -0.25) is 0 Å². The fraction of sp³-hybridized carbons (Fsp3) is 0. The fourth-order valence-electron chi connectivity index (χ4n) is 0.426. The highest BCUT2D eigenvalue weighted by Gasteiger charge is 2.12. The zero-order valence-electron chi connectivity index (χ0n) is 5.03. The van der Waals surface area contributed by atoms with Gasteiger partial charge in [0, 0.05) is 26.6 Å². The summed E-state index contributed by atoms with van der Waals surface area (Å²) < 4.78 is 21.9. The molecule has 0 fully saturated rings. The van der Waals surface area contributed by atoms with E-state index in [1.165, 1.54) is 12.4 Å². The van der Waals surface area contributed by atoms with Crippen molar-refractivity contribution in [3.05, 3.63) is 16.0 Å². The summed E-state index contributed by atoms with van der Waals surface area (Å²) in [6, 6.07) is 0. The quantitative estimate of drug-likeness (QED) is 0.441. The lowest BCUT2D eigenvalue weighted by Crippen LogP contribution is -1.98. The Kier molecular flexibility index (Phi) is 2.66. The van der Waals surface area contributed by atoms with Crippen LogP contribution in [0.1, 0.15) is 0 Å². The SMILES string of the molecule is O=S(=O)(Cl)c1ncc(I)cn1. The van der Waals surface area contributed by atoms with Gasteiger partial charge in [0.25, 0.3) is 14.2 Å². The molecule has 0 amide bonds. The van der Waals surface area contributed by atoms with Crippen molar-refractivity contribution >= 4 is 42.3 Å². The maximum Gasteiger partial charge on any atom is 0.296 e. The molecule has 0 aliphatic rings. The van der Waals surface area contributed by atoms with Crippen molar-refractivity contribution in [1.82, 2.24) is 9.97 Å². The largest absolute Gasteiger partial charge is 0.296 e. The average Bonchev–Trinajstić information content (AvgIpc) is 1.86. The molecule has 60 valence electrons. The monoisotopic (exact) mass is 304 g/mol. The van der Waals surface area contributed by atoms with Crippen LogP contribution in [0.25, 0.3) is 0 Å². The van der Waals surface area contributed by atoms with E-state index < -0.39 is 9.05 Å². The van der Waals surface area contributed by atoms with Crippen molar-refractivity contribution in [2.45, 2.75) is 5.16 Å². The van der Waals surface area contributed by atoms with E-state index >= 15 is 0 Å². The van der Waals surface area contributed by atoms with E-state index in [9.17, 15) is 8.42 Å². The van der Waals surface area contributed by atoms with Crippen LogP contribution in [0.4, 0.5) is 0 Å². The van der Waals surface area contributed by atoms with Gasteiger partial charge in [0.15, 0.2) is 0 Å². The first-order valence-electron chi connectivity index (χ1n) is 2.42. The van der Waals surface area contributed by atoms with Crippen LogP contribution >= 0.6 is 33.3 Å². The van der Waals surface area contributed by atoms with Crippen molar-refractivity contribution in [2.24, 2.45) is 0 Å². The second kappa shape index (κ2) is 3.20. The molecule has 0 spiro atoms. The summed E-state index contributed by atoms with van der Waals surface area (Å²) in [5.74, 6) is 0. The lowest BCUT2D eigenvalue weighted by Gasteiger charge is -1.91. The lowest BCUT2D eigenvalue weighted by atomic mass is 10.7. The molecule has 11 heavy (non-hydrogen) atoms. The first kappa shape index (κ1) is 9.14. The molecular weight excluding hydrogens is 302 g/mol. The smallest absolute Gasteiger partial charge is 0.225 e. The Balaban J connectivity index is 3.20. The molecule has 0 radical (unpaired) electrons. The van der Waals surface area contributed by atoms with Gasteiger partial charge in [-0.25, -0.2) is 18.4 Å². The molecule has 0 aliphatic carbocycles. The Morgan fingerprint density at radius 1 is 1.36 bits per heavy atom. The standard InChI is InChI=1S/C4H2ClIN2O2S/c5-11(9,10)4-7-1-3(6)2-8-4/h1-2H. The number of aromatic nitrogens is 2. The van der Waals surface area contributed by atoms with Crippen molar-refractivity contribution in [3.8, 4) is 0 Å². The van der Waals surface area contributed by atoms with Crippen LogP contribution in [0, 0.1) is 3.57 Å². The summed E-state index contributed by atoms with van der Waals surface area (Å²) in [5.41, 5.74) is 0. The molecular formula is C4H2ClIN2O2S. The summed E-state index contributed by atoms with van der Waals surface area (Å²) in [6.07, 6.45) is 2.76. The predicted molar refractivity (Wildman–Crippen MR) is 47.8 cm³/mol. The van der Waals surface area contributed by atoms with Crippen LogP contribution in [0.5, 0.6) is 0 Å². The first-order valence-corrected chi connectivity index (χ1v) is 5.81. The summed E-state index contributed by atoms with van der Waals surface area (Å²) in [6.45, 7) is 0. The molecule has 1 rings (SSSR count). The molecule has 1 heterocycles. The van der Waals surface area contributed by atoms with E-state index in [0.29, 0.717) is 0 Å². The van der Waals surface area contributed by atoms with Gasteiger partial charge in [-0.05, 0) is 22.6 Å². The summed E-state index contributed by atoms with van der Waals surface area (Å²) in [4.78, 5) is 7.02. The number of hydrogen-bond acceptors (Lipinski definition) is 4. The zero-order valence-corrected chi connectivity index (χ0v) is 8.76. The number of halogens is 2. The average molecular weight is 304 g/mol. The van der Waals surface area contributed by atoms with Crippen LogP contribution in [-0.2, 0) is 9.05 Å². The van der Waals surface area contributed by atoms with E-state index in [2.05, 4.69) is 9.97 Å². The maximum atomic E-state index is 10.6. The van der Waals surface area contributed by atoms with Gasteiger partial charge >= 0.3 is 0 Å². The highest BCUT2D eigenvalue weighted by atomic mass is 127. The third-order valence-electron chi connectivity index (χ3n) is 0.815. The van der Waals surface area contributed by atoms with E-state index in [1.54, 1.807) is 0 Å². The van der Waals surface area contributed by atoms with Gasteiger partial charge in [-0.2, -0.15) is 0 Å². The Morgan fingerprint density at radius 3 is 2.18 bits per heavy atom. The van der Waals surface area contributed by atoms with Crippen molar-refractivity contribution < 1.29 is 8.42 Å². The second-order valence-electron chi connectivity index (χ2n) is 1.62. The molecule has 0 aromatic carbocycles. The Hall–Kier alpha value is 0.0500. The number of nitrogens with zero attached hydrogens (tertiary/aromatic N) is 2. The molecule has 0 atom stereocenters. The van der Waals surface area contributed by atoms with Crippen molar-refractivity contribution in [2.75, 3.05) is 0 Å². The molecule has 0 N–H and O–H groups in total. The molecule has 0 aliphatic heterocycles. The Labute approximate surface area is 81.6 Å². The van der Waals surface area contributed by atoms with E-state index in [1.807, 2.05) is 22.6 Å². The Morgan fingerprint density at radius 2 is 1.82 bits per heavy atom. The van der Waals surface area contributed by atoms with Gasteiger partial charge in [-0.1, -0.05) is 0 Å². The minimum Gasteiger partial charge on any atom is -0.225 e. The van der Waals surface area contributed by atoms with Gasteiger partial charge < -0.3 is 0 Å². The van der Waals surface area contributed by atoms with Crippen LogP contribution in [0.3, 0.4) is 0 Å². The zero-order chi connectivity index (χ0) is 8.48. The van der Waals surface area contributed by atoms with E-state index in [-0.39, 0.29) is 5.16 Å². The lowest BCUT2D eigenvalue weighted by molar-refractivity contribution is 0.601. The van der Waals surface area contributed by atoms with Crippen LogP contribution in [0.2, 0.25) is 0 Å². The summed E-state index contributed by atoms with van der Waals surface area (Å²) >= 11 is 1.96. The third-order valence-corrected chi connectivity index (χ3v) is 2.43.